The van der Waals surface area contributed by atoms with Gasteiger partial charge in [0.15, 0.2) is 0 Å². The number of piperidine rings is 1. The number of fused-ring (bicyclic) bond motifs is 4. The number of amides is 1. The van der Waals surface area contributed by atoms with Crippen molar-refractivity contribution >= 4 is 23.0 Å². The summed E-state index contributed by atoms with van der Waals surface area (Å²) in [4.78, 5) is 29.4. The van der Waals surface area contributed by atoms with Crippen molar-refractivity contribution in [3.8, 4) is 11.1 Å². The summed E-state index contributed by atoms with van der Waals surface area (Å²) in [5, 5.41) is 10.3. The van der Waals surface area contributed by atoms with Gasteiger partial charge in [-0.1, -0.05) is 48.5 Å². The number of aromatic carboxylic acids is 1. The molecule has 0 bridgehead atoms. The van der Waals surface area contributed by atoms with Crippen molar-refractivity contribution < 1.29 is 19.4 Å². The summed E-state index contributed by atoms with van der Waals surface area (Å²) in [6.07, 6.45) is 3.34. The summed E-state index contributed by atoms with van der Waals surface area (Å²) in [5.41, 5.74) is 7.19. The normalized spacial score (nSPS) is 15.7. The van der Waals surface area contributed by atoms with Crippen molar-refractivity contribution in [3.05, 3.63) is 95.2 Å². The molecule has 1 aromatic heterocycles. The number of carboxylic acids is 1. The predicted octanol–water partition coefficient (Wildman–Crippen LogP) is 5.99. The molecule has 0 unspecified atom stereocenters. The lowest BCUT2D eigenvalue weighted by Crippen LogP contribution is -2.38. The SMILES string of the molecule is O=C(O)c1ccc2[nH]cc(C3CCN(C(=O)OCC4c5ccccc5-c5ccccc54)CC3)c2c1. The van der Waals surface area contributed by atoms with Crippen LogP contribution in [0.4, 0.5) is 4.79 Å². The second-order valence-electron chi connectivity index (χ2n) is 9.37. The third kappa shape index (κ3) is 3.75. The van der Waals surface area contributed by atoms with E-state index in [9.17, 15) is 14.7 Å². The van der Waals surface area contributed by atoms with Crippen LogP contribution in [-0.2, 0) is 4.74 Å². The molecule has 3 aromatic carbocycles. The molecule has 1 amide bonds. The Labute approximate surface area is 203 Å². The van der Waals surface area contributed by atoms with E-state index < -0.39 is 5.97 Å². The highest BCUT2D eigenvalue weighted by Crippen LogP contribution is 2.44. The van der Waals surface area contributed by atoms with Gasteiger partial charge in [-0.15, -0.1) is 0 Å². The second-order valence-corrected chi connectivity index (χ2v) is 9.37. The van der Waals surface area contributed by atoms with Gasteiger partial charge in [0, 0.05) is 36.1 Å². The van der Waals surface area contributed by atoms with E-state index in [0.717, 1.165) is 29.3 Å². The zero-order valence-corrected chi connectivity index (χ0v) is 19.2. The Morgan fingerprint density at radius 3 is 2.23 bits per heavy atom. The molecule has 6 nitrogen and oxygen atoms in total. The fourth-order valence-electron chi connectivity index (χ4n) is 5.67. The van der Waals surface area contributed by atoms with E-state index in [-0.39, 0.29) is 23.5 Å². The van der Waals surface area contributed by atoms with Crippen molar-refractivity contribution in [1.29, 1.82) is 0 Å². The lowest BCUT2D eigenvalue weighted by Gasteiger charge is -2.31. The molecule has 6 heteroatoms. The van der Waals surface area contributed by atoms with Gasteiger partial charge in [-0.25, -0.2) is 9.59 Å². The molecule has 1 aliphatic heterocycles. The molecule has 0 spiro atoms. The summed E-state index contributed by atoms with van der Waals surface area (Å²) in [7, 11) is 0. The quantitative estimate of drug-likeness (QED) is 0.387. The van der Waals surface area contributed by atoms with E-state index in [1.54, 1.807) is 17.0 Å². The number of hydrogen-bond donors (Lipinski definition) is 2. The maximum atomic E-state index is 12.9. The third-order valence-corrected chi connectivity index (χ3v) is 7.49. The number of carboxylic acid groups (broad SMARTS) is 1. The highest BCUT2D eigenvalue weighted by molar-refractivity contribution is 5.95. The van der Waals surface area contributed by atoms with Gasteiger partial charge in [0.25, 0.3) is 0 Å². The van der Waals surface area contributed by atoms with Crippen LogP contribution in [0.3, 0.4) is 0 Å². The number of benzene rings is 3. The Hall–Kier alpha value is -4.06. The molecule has 1 aliphatic carbocycles. The summed E-state index contributed by atoms with van der Waals surface area (Å²) >= 11 is 0. The van der Waals surface area contributed by atoms with Gasteiger partial charge < -0.3 is 19.7 Å². The first kappa shape index (κ1) is 21.5. The number of hydrogen-bond acceptors (Lipinski definition) is 3. The Morgan fingerprint density at radius 2 is 1.57 bits per heavy atom. The van der Waals surface area contributed by atoms with Crippen LogP contribution in [0, 0.1) is 0 Å². The average molecular weight is 467 g/mol. The Kier molecular flexibility index (Phi) is 5.29. The van der Waals surface area contributed by atoms with Crippen LogP contribution >= 0.6 is 0 Å². The van der Waals surface area contributed by atoms with Crippen LogP contribution in [0.2, 0.25) is 0 Å². The van der Waals surface area contributed by atoms with E-state index in [4.69, 9.17) is 4.74 Å². The Balaban J connectivity index is 1.11. The van der Waals surface area contributed by atoms with Gasteiger partial charge in [0.1, 0.15) is 6.61 Å². The Morgan fingerprint density at radius 1 is 0.914 bits per heavy atom. The van der Waals surface area contributed by atoms with E-state index in [1.807, 2.05) is 36.5 Å². The summed E-state index contributed by atoms with van der Waals surface area (Å²) in [5.74, 6) is -0.604. The lowest BCUT2D eigenvalue weighted by atomic mass is 9.89. The van der Waals surface area contributed by atoms with Crippen LogP contribution in [0.15, 0.2) is 72.9 Å². The number of ether oxygens (including phenoxy) is 1. The van der Waals surface area contributed by atoms with Crippen LogP contribution in [0.25, 0.3) is 22.0 Å². The van der Waals surface area contributed by atoms with Crippen molar-refractivity contribution in [3.63, 3.8) is 0 Å². The largest absolute Gasteiger partial charge is 0.478 e. The predicted molar refractivity (Wildman–Crippen MR) is 134 cm³/mol. The van der Waals surface area contributed by atoms with Crippen LogP contribution in [-0.4, -0.2) is 46.7 Å². The first-order valence-electron chi connectivity index (χ1n) is 12.0. The number of aromatic amines is 1. The van der Waals surface area contributed by atoms with Gasteiger partial charge in [0.2, 0.25) is 0 Å². The molecule has 4 aromatic rings. The zero-order chi connectivity index (χ0) is 23.9. The van der Waals surface area contributed by atoms with E-state index in [2.05, 4.69) is 29.2 Å². The van der Waals surface area contributed by atoms with Gasteiger partial charge in [-0.2, -0.15) is 0 Å². The monoisotopic (exact) mass is 466 g/mol. The molecule has 0 atom stereocenters. The van der Waals surface area contributed by atoms with Crippen molar-refractivity contribution in [2.24, 2.45) is 0 Å². The molecule has 1 fully saturated rings. The summed E-state index contributed by atoms with van der Waals surface area (Å²) < 4.78 is 5.83. The molecule has 0 radical (unpaired) electrons. The van der Waals surface area contributed by atoms with Crippen LogP contribution < -0.4 is 0 Å². The van der Waals surface area contributed by atoms with Gasteiger partial charge >= 0.3 is 12.1 Å². The highest BCUT2D eigenvalue weighted by atomic mass is 16.6. The van der Waals surface area contributed by atoms with Gasteiger partial charge in [-0.3, -0.25) is 0 Å². The molecule has 35 heavy (non-hydrogen) atoms. The fraction of sp³-hybridized carbons (Fsp3) is 0.241. The van der Waals surface area contributed by atoms with E-state index in [0.29, 0.717) is 19.7 Å². The number of aromatic nitrogens is 1. The van der Waals surface area contributed by atoms with Gasteiger partial charge in [-0.05, 0) is 64.8 Å². The maximum Gasteiger partial charge on any atom is 0.409 e. The molecule has 176 valence electrons. The van der Waals surface area contributed by atoms with Crippen molar-refractivity contribution in [1.82, 2.24) is 9.88 Å². The minimum Gasteiger partial charge on any atom is -0.478 e. The number of nitrogens with one attached hydrogen (secondary N) is 1. The van der Waals surface area contributed by atoms with Crippen LogP contribution in [0.5, 0.6) is 0 Å². The second kappa shape index (κ2) is 8.62. The maximum absolute atomic E-state index is 12.9. The van der Waals surface area contributed by atoms with Crippen molar-refractivity contribution in [2.75, 3.05) is 19.7 Å². The molecule has 2 aliphatic rings. The molecule has 2 N–H and O–H groups in total. The van der Waals surface area contributed by atoms with E-state index in [1.165, 1.54) is 22.3 Å². The minimum atomic E-state index is -0.927. The number of carbonyl (C=O) groups excluding carboxylic acids is 1. The summed E-state index contributed by atoms with van der Waals surface area (Å²) in [6, 6.07) is 21.8. The number of H-pyrrole nitrogens is 1. The number of likely N-dealkylation sites (tertiary alicyclic amines) is 1. The minimum absolute atomic E-state index is 0.0542. The fourth-order valence-corrected chi connectivity index (χ4v) is 5.67. The highest BCUT2D eigenvalue weighted by Gasteiger charge is 2.31. The molecular weight excluding hydrogens is 440 g/mol. The lowest BCUT2D eigenvalue weighted by molar-refractivity contribution is 0.0696. The number of rotatable bonds is 4. The van der Waals surface area contributed by atoms with Crippen LogP contribution in [0.1, 0.15) is 51.7 Å². The molecule has 0 saturated carbocycles. The zero-order valence-electron chi connectivity index (χ0n) is 19.2. The number of carbonyl (C=O) groups is 2. The first-order valence-corrected chi connectivity index (χ1v) is 12.0. The topological polar surface area (TPSA) is 82.6 Å². The van der Waals surface area contributed by atoms with Crippen molar-refractivity contribution in [2.45, 2.75) is 24.7 Å². The molecular formula is C29H26N2O4. The molecule has 2 heterocycles. The number of nitrogens with zero attached hydrogens (tertiary/aromatic N) is 1. The average Bonchev–Trinajstić information content (AvgIpc) is 3.46. The molecule has 6 rings (SSSR count). The summed E-state index contributed by atoms with van der Waals surface area (Å²) in [6.45, 7) is 1.56. The smallest absolute Gasteiger partial charge is 0.409 e. The third-order valence-electron chi connectivity index (χ3n) is 7.49. The van der Waals surface area contributed by atoms with Gasteiger partial charge in [0.05, 0.1) is 5.56 Å². The standard InChI is InChI=1S/C29H26N2O4/c32-28(33)19-9-10-27-24(15-19)25(16-30-27)18-11-13-31(14-12-18)29(34)35-17-26-22-7-3-1-5-20(22)21-6-2-4-8-23(21)26/h1-10,15-16,18,26,30H,11-14,17H2,(H,32,33). The Bertz CT molecular complexity index is 1390. The van der Waals surface area contributed by atoms with E-state index >= 15 is 0 Å². The first-order chi connectivity index (χ1) is 17.1. The molecule has 1 saturated heterocycles.